The molecule has 0 saturated carbocycles. The third kappa shape index (κ3) is 6.31. The van der Waals surface area contributed by atoms with E-state index in [-0.39, 0.29) is 12.5 Å². The normalized spacial score (nSPS) is 15.8. The molecule has 5 aromatic rings. The van der Waals surface area contributed by atoms with Gasteiger partial charge in [0.15, 0.2) is 11.5 Å². The van der Waals surface area contributed by atoms with E-state index >= 15 is 0 Å². The van der Waals surface area contributed by atoms with Crippen molar-refractivity contribution >= 4 is 33.9 Å². The highest BCUT2D eigenvalue weighted by Crippen LogP contribution is 2.28. The average molecular weight is 570 g/mol. The fourth-order valence-electron chi connectivity index (χ4n) is 5.41. The number of fused-ring (bicyclic) bond motifs is 1. The maximum absolute atomic E-state index is 12.8. The lowest BCUT2D eigenvalue weighted by molar-refractivity contribution is -0.131. The Morgan fingerprint density at radius 3 is 2.88 bits per heavy atom. The van der Waals surface area contributed by atoms with Crippen molar-refractivity contribution in [3.63, 3.8) is 0 Å². The molecule has 0 bridgehead atoms. The molecule has 11 heteroatoms. The number of carbonyl (C=O) groups excluding carboxylic acids is 1. The van der Waals surface area contributed by atoms with Crippen LogP contribution in [0.1, 0.15) is 36.7 Å². The van der Waals surface area contributed by atoms with Crippen LogP contribution in [-0.2, 0) is 24.4 Å². The van der Waals surface area contributed by atoms with Crippen LogP contribution in [0.25, 0.3) is 16.9 Å². The van der Waals surface area contributed by atoms with E-state index < -0.39 is 0 Å². The van der Waals surface area contributed by atoms with Gasteiger partial charge in [-0.25, -0.2) is 9.97 Å². The van der Waals surface area contributed by atoms with Gasteiger partial charge >= 0.3 is 0 Å². The van der Waals surface area contributed by atoms with Crippen LogP contribution in [0.3, 0.4) is 0 Å². The van der Waals surface area contributed by atoms with Crippen molar-refractivity contribution in [1.82, 2.24) is 38.3 Å². The molecule has 0 aliphatic carbocycles. The smallest absolute Gasteiger partial charge is 0.244 e. The van der Waals surface area contributed by atoms with Gasteiger partial charge in [0, 0.05) is 44.6 Å². The van der Waals surface area contributed by atoms with Crippen LogP contribution in [-0.4, -0.2) is 64.4 Å². The number of rotatable bonds is 9. The summed E-state index contributed by atoms with van der Waals surface area (Å²) in [5.74, 6) is 1.42. The number of aromatic nitrogens is 6. The molecule has 41 heavy (non-hydrogen) atoms. The van der Waals surface area contributed by atoms with Gasteiger partial charge in [0.1, 0.15) is 11.5 Å². The largest absolute Gasteiger partial charge is 0.340 e. The van der Waals surface area contributed by atoms with E-state index in [0.29, 0.717) is 12.4 Å². The summed E-state index contributed by atoms with van der Waals surface area (Å²) in [6, 6.07) is 12.1. The Balaban J connectivity index is 1.15. The van der Waals surface area contributed by atoms with Gasteiger partial charge in [-0.05, 0) is 55.4 Å². The van der Waals surface area contributed by atoms with Crippen molar-refractivity contribution in [2.45, 2.75) is 46.3 Å². The highest BCUT2D eigenvalue weighted by Gasteiger charge is 2.19. The number of aryl methyl sites for hydroxylation is 1. The van der Waals surface area contributed by atoms with Crippen LogP contribution in [0.2, 0.25) is 0 Å². The topological polar surface area (TPSA) is 96.5 Å². The quantitative estimate of drug-likeness (QED) is 0.267. The van der Waals surface area contributed by atoms with E-state index in [4.69, 9.17) is 4.98 Å². The molecule has 1 atom stereocenters. The van der Waals surface area contributed by atoms with Gasteiger partial charge in [0.05, 0.1) is 29.5 Å². The first-order valence-corrected chi connectivity index (χ1v) is 14.8. The lowest BCUT2D eigenvalue weighted by atomic mass is 10.0. The summed E-state index contributed by atoms with van der Waals surface area (Å²) in [4.78, 5) is 26.5. The molecule has 1 amide bonds. The Bertz CT molecular complexity index is 1640. The van der Waals surface area contributed by atoms with Gasteiger partial charge in [-0.15, -0.1) is 0 Å². The number of amides is 1. The van der Waals surface area contributed by atoms with Crippen LogP contribution >= 0.6 is 11.5 Å². The zero-order chi connectivity index (χ0) is 28.3. The number of benzene rings is 1. The summed E-state index contributed by atoms with van der Waals surface area (Å²) >= 11 is 1.45. The molecule has 0 spiro atoms. The summed E-state index contributed by atoms with van der Waals surface area (Å²) in [6.45, 7) is 8.16. The number of likely N-dealkylation sites (tertiary alicyclic amines) is 1. The fourth-order valence-corrected chi connectivity index (χ4v) is 6.07. The van der Waals surface area contributed by atoms with E-state index in [1.807, 2.05) is 67.3 Å². The summed E-state index contributed by atoms with van der Waals surface area (Å²) in [5.41, 5.74) is 5.51. The molecule has 1 saturated heterocycles. The molecule has 212 valence electrons. The Labute approximate surface area is 243 Å². The molecular weight excluding hydrogens is 534 g/mol. The molecule has 1 fully saturated rings. The molecule has 1 aliphatic heterocycles. The van der Waals surface area contributed by atoms with Crippen molar-refractivity contribution in [1.29, 1.82) is 0 Å². The Hall–Kier alpha value is -4.09. The van der Waals surface area contributed by atoms with Crippen LogP contribution in [0, 0.1) is 12.8 Å². The number of carbonyl (C=O) groups is 1. The number of anilines is 2. The van der Waals surface area contributed by atoms with Gasteiger partial charge in [-0.3, -0.25) is 18.8 Å². The van der Waals surface area contributed by atoms with Crippen molar-refractivity contribution < 1.29 is 4.79 Å². The molecular formula is C30H35N9OS. The highest BCUT2D eigenvalue weighted by molar-refractivity contribution is 7.10. The molecule has 6 rings (SSSR count). The van der Waals surface area contributed by atoms with Gasteiger partial charge < -0.3 is 10.2 Å². The molecule has 1 aromatic carbocycles. The van der Waals surface area contributed by atoms with Crippen molar-refractivity contribution in [3.8, 4) is 11.3 Å². The van der Waals surface area contributed by atoms with Crippen molar-refractivity contribution in [3.05, 3.63) is 78.1 Å². The Morgan fingerprint density at radius 1 is 1.20 bits per heavy atom. The van der Waals surface area contributed by atoms with Crippen LogP contribution < -0.4 is 5.32 Å². The molecule has 0 radical (unpaired) electrons. The van der Waals surface area contributed by atoms with E-state index in [1.165, 1.54) is 24.4 Å². The number of nitrogens with one attached hydrogen (secondary N) is 1. The monoisotopic (exact) mass is 569 g/mol. The van der Waals surface area contributed by atoms with E-state index in [0.717, 1.165) is 64.4 Å². The Morgan fingerprint density at radius 2 is 2.05 bits per heavy atom. The maximum Gasteiger partial charge on any atom is 0.244 e. The zero-order valence-corrected chi connectivity index (χ0v) is 24.5. The highest BCUT2D eigenvalue weighted by atomic mass is 32.1. The van der Waals surface area contributed by atoms with Crippen molar-refractivity contribution in [2.75, 3.05) is 25.5 Å². The van der Waals surface area contributed by atoms with Gasteiger partial charge in [-0.2, -0.15) is 9.47 Å². The zero-order valence-electron chi connectivity index (χ0n) is 23.7. The SMILES string of the molecule is Cc1cn2c(-c3cnn(CC(=O)N(C)Cc4ccccc4)c3)cnc2c(Nc2cc(CN3CCCC(C)C3)ns2)n1. The summed E-state index contributed by atoms with van der Waals surface area (Å²) in [5, 5.41) is 8.86. The van der Waals surface area contributed by atoms with E-state index in [2.05, 4.69) is 37.7 Å². The third-order valence-corrected chi connectivity index (χ3v) is 8.20. The summed E-state index contributed by atoms with van der Waals surface area (Å²) in [6.07, 6.45) is 10.0. The number of hydrogen-bond acceptors (Lipinski definition) is 8. The first kappa shape index (κ1) is 27.1. The van der Waals surface area contributed by atoms with E-state index in [1.54, 1.807) is 15.8 Å². The predicted molar refractivity (Wildman–Crippen MR) is 161 cm³/mol. The molecule has 4 aromatic heterocycles. The second kappa shape index (κ2) is 11.8. The van der Waals surface area contributed by atoms with Crippen molar-refractivity contribution in [2.24, 2.45) is 5.92 Å². The molecule has 1 aliphatic rings. The number of likely N-dealkylation sites (N-methyl/N-ethyl adjacent to an activating group) is 1. The lowest BCUT2D eigenvalue weighted by Crippen LogP contribution is -2.33. The minimum atomic E-state index is -0.00750. The number of imidazole rings is 1. The maximum atomic E-state index is 12.8. The van der Waals surface area contributed by atoms with Crippen LogP contribution in [0.15, 0.2) is 61.2 Å². The lowest BCUT2D eigenvalue weighted by Gasteiger charge is -2.30. The Kier molecular flexibility index (Phi) is 7.80. The molecule has 1 N–H and O–H groups in total. The first-order chi connectivity index (χ1) is 19.9. The fraction of sp³-hybridized carbons (Fsp3) is 0.367. The minimum absolute atomic E-state index is 0.00750. The van der Waals surface area contributed by atoms with E-state index in [9.17, 15) is 4.79 Å². The standard InChI is InChI=1S/C30H35N9OS/c1-21-8-7-11-37(15-21)19-25-12-27(41-35-25)34-29-30-31-14-26(39(30)16-22(2)33-29)24-13-32-38(18-24)20-28(40)36(3)17-23-9-5-4-6-10-23/h4-6,9-10,12-14,16,18,21H,7-8,11,15,17,19-20H2,1-3H3,(H,33,34). The molecule has 5 heterocycles. The second-order valence-electron chi connectivity index (χ2n) is 11.0. The van der Waals surface area contributed by atoms with Crippen LogP contribution in [0.4, 0.5) is 10.8 Å². The van der Waals surface area contributed by atoms with Gasteiger partial charge in [0.25, 0.3) is 0 Å². The van der Waals surface area contributed by atoms with Gasteiger partial charge in [0.2, 0.25) is 5.91 Å². The second-order valence-corrected chi connectivity index (χ2v) is 11.8. The first-order valence-electron chi connectivity index (χ1n) is 14.0. The average Bonchev–Trinajstić information content (AvgIpc) is 3.69. The predicted octanol–water partition coefficient (Wildman–Crippen LogP) is 4.99. The molecule has 1 unspecified atom stereocenters. The van der Waals surface area contributed by atoms with Gasteiger partial charge in [-0.1, -0.05) is 37.3 Å². The summed E-state index contributed by atoms with van der Waals surface area (Å²) in [7, 11) is 1.81. The minimum Gasteiger partial charge on any atom is -0.340 e. The number of piperidine rings is 1. The van der Waals surface area contributed by atoms with Crippen LogP contribution in [0.5, 0.6) is 0 Å². The number of hydrogen-bond donors (Lipinski definition) is 1. The summed E-state index contributed by atoms with van der Waals surface area (Å²) < 4.78 is 8.38. The number of nitrogens with zero attached hydrogens (tertiary/aromatic N) is 8. The third-order valence-electron chi connectivity index (χ3n) is 7.45. The molecule has 10 nitrogen and oxygen atoms in total.